The quantitative estimate of drug-likeness (QED) is 0.142. The minimum atomic E-state index is -2.46. The number of morpholine rings is 1. The van der Waals surface area contributed by atoms with Gasteiger partial charge in [0.15, 0.2) is 11.5 Å². The van der Waals surface area contributed by atoms with Gasteiger partial charge in [0.05, 0.1) is 31.0 Å². The predicted molar refractivity (Wildman–Crippen MR) is 135 cm³/mol. The molecule has 0 saturated carbocycles. The zero-order valence-electron chi connectivity index (χ0n) is 21.4. The van der Waals surface area contributed by atoms with E-state index in [-0.39, 0.29) is 29.8 Å². The number of benzene rings is 2. The number of phenolic OH excluding ortho intramolecular Hbond substituents is 3. The molecule has 2 aromatic carbocycles. The van der Waals surface area contributed by atoms with E-state index in [9.17, 15) is 39.2 Å². The lowest BCUT2D eigenvalue weighted by atomic mass is 10.0. The van der Waals surface area contributed by atoms with Crippen LogP contribution < -0.4 is 10.6 Å². The van der Waals surface area contributed by atoms with E-state index < -0.39 is 59.1 Å². The third-order valence-corrected chi connectivity index (χ3v) is 7.03. The van der Waals surface area contributed by atoms with E-state index in [2.05, 4.69) is 15.5 Å². The van der Waals surface area contributed by atoms with Crippen molar-refractivity contribution in [2.75, 3.05) is 38.7 Å². The normalized spacial score (nSPS) is 17.0. The molecule has 2 amide bonds. The highest BCUT2D eigenvalue weighted by atomic mass is 19.1. The molecule has 210 valence electrons. The number of aldehydes is 1. The van der Waals surface area contributed by atoms with Gasteiger partial charge in [0.2, 0.25) is 11.5 Å². The van der Waals surface area contributed by atoms with Crippen LogP contribution in [0.1, 0.15) is 39.9 Å². The Balaban J connectivity index is 1.60. The number of aromatic hydroxyl groups is 3. The van der Waals surface area contributed by atoms with Crippen LogP contribution in [0.4, 0.5) is 10.1 Å². The summed E-state index contributed by atoms with van der Waals surface area (Å²) in [6.45, 7) is 2.68. The van der Waals surface area contributed by atoms with Crippen LogP contribution >= 0.6 is 0 Å². The van der Waals surface area contributed by atoms with Crippen molar-refractivity contribution in [3.8, 4) is 17.2 Å². The number of phenols is 3. The number of aliphatic hydroxyl groups is 1. The van der Waals surface area contributed by atoms with Gasteiger partial charge < -0.3 is 40.6 Å². The van der Waals surface area contributed by atoms with E-state index >= 15 is 0 Å². The van der Waals surface area contributed by atoms with Crippen molar-refractivity contribution in [1.82, 2.24) is 15.1 Å². The molecule has 2 aromatic rings. The number of fused-ring (bicyclic) bond motifs is 1. The molecule has 1 saturated heterocycles. The number of ether oxygens (including phenoxy) is 1. The Bertz CT molecular complexity index is 1280. The van der Waals surface area contributed by atoms with Crippen LogP contribution in [0.5, 0.6) is 17.2 Å². The average molecular weight is 547 g/mol. The van der Waals surface area contributed by atoms with Gasteiger partial charge in [-0.05, 0) is 11.6 Å². The number of carbonyl (C=O) groups excluding carboxylic acids is 3. The number of rotatable bonds is 10. The van der Waals surface area contributed by atoms with Gasteiger partial charge in [0.25, 0.3) is 11.8 Å². The van der Waals surface area contributed by atoms with E-state index in [1.54, 1.807) is 12.1 Å². The van der Waals surface area contributed by atoms with Gasteiger partial charge in [0, 0.05) is 57.2 Å². The minimum Gasteiger partial charge on any atom is -0.504 e. The van der Waals surface area contributed by atoms with Crippen molar-refractivity contribution >= 4 is 23.8 Å². The van der Waals surface area contributed by atoms with Gasteiger partial charge in [0.1, 0.15) is 12.1 Å². The minimum absolute atomic E-state index is 0.0226. The second-order valence-electron chi connectivity index (χ2n) is 9.43. The van der Waals surface area contributed by atoms with Crippen LogP contribution in [-0.4, -0.2) is 87.4 Å². The lowest BCUT2D eigenvalue weighted by Crippen LogP contribution is -2.58. The number of hydrogen-bond donors (Lipinski definition) is 6. The zero-order chi connectivity index (χ0) is 28.3. The third kappa shape index (κ3) is 5.33. The molecule has 1 unspecified atom stereocenters. The predicted octanol–water partition coefficient (Wildman–Crippen LogP) is 0.756. The van der Waals surface area contributed by atoms with Crippen LogP contribution in [0.25, 0.3) is 0 Å². The van der Waals surface area contributed by atoms with Crippen LogP contribution in [0.15, 0.2) is 18.2 Å². The number of hydrogen-bond acceptors (Lipinski definition) is 10. The molecule has 1 atom stereocenters. The van der Waals surface area contributed by atoms with Crippen molar-refractivity contribution in [1.29, 1.82) is 0 Å². The Morgan fingerprint density at radius 1 is 1.18 bits per heavy atom. The Hall–Kier alpha value is -3.94. The molecule has 0 aliphatic carbocycles. The highest BCUT2D eigenvalue weighted by Crippen LogP contribution is 2.50. The second kappa shape index (κ2) is 11.4. The van der Waals surface area contributed by atoms with E-state index in [1.807, 2.05) is 0 Å². The van der Waals surface area contributed by atoms with Crippen molar-refractivity contribution in [3.63, 3.8) is 0 Å². The topological polar surface area (TPSA) is 172 Å². The summed E-state index contributed by atoms with van der Waals surface area (Å²) in [6.07, 6.45) is -0.206. The summed E-state index contributed by atoms with van der Waals surface area (Å²) in [5.74, 6) is -5.20. The smallest absolute Gasteiger partial charge is 0.273 e. The largest absolute Gasteiger partial charge is 0.504 e. The van der Waals surface area contributed by atoms with E-state index in [0.717, 1.165) is 23.6 Å². The van der Waals surface area contributed by atoms with Gasteiger partial charge in [-0.2, -0.15) is 0 Å². The van der Waals surface area contributed by atoms with Crippen LogP contribution in [-0.2, 0) is 34.0 Å². The Kier molecular flexibility index (Phi) is 8.23. The number of nitrogens with one attached hydrogen (secondary N) is 2. The fourth-order valence-corrected chi connectivity index (χ4v) is 4.87. The van der Waals surface area contributed by atoms with E-state index in [4.69, 9.17) is 4.74 Å². The summed E-state index contributed by atoms with van der Waals surface area (Å²) >= 11 is 0. The Labute approximate surface area is 223 Å². The monoisotopic (exact) mass is 546 g/mol. The molecule has 6 N–H and O–H groups in total. The molecule has 0 radical (unpaired) electrons. The van der Waals surface area contributed by atoms with Gasteiger partial charge in [-0.1, -0.05) is 12.1 Å². The molecule has 0 spiro atoms. The highest BCUT2D eigenvalue weighted by molar-refractivity contribution is 6.07. The molecule has 2 aliphatic rings. The number of amides is 2. The molecule has 13 heteroatoms. The maximum absolute atomic E-state index is 14.9. The van der Waals surface area contributed by atoms with E-state index in [0.29, 0.717) is 26.0 Å². The lowest BCUT2D eigenvalue weighted by molar-refractivity contribution is -0.159. The summed E-state index contributed by atoms with van der Waals surface area (Å²) in [4.78, 5) is 39.6. The van der Waals surface area contributed by atoms with Gasteiger partial charge in [-0.25, -0.2) is 4.39 Å². The van der Waals surface area contributed by atoms with Crippen LogP contribution in [0.3, 0.4) is 0 Å². The molecule has 2 aliphatic heterocycles. The maximum atomic E-state index is 14.9. The number of carbonyl (C=O) groups is 3. The first-order chi connectivity index (χ1) is 18.6. The average Bonchev–Trinajstić information content (AvgIpc) is 3.28. The molecule has 0 bridgehead atoms. The number of anilines is 1. The van der Waals surface area contributed by atoms with Crippen molar-refractivity contribution in [2.24, 2.45) is 0 Å². The summed E-state index contributed by atoms with van der Waals surface area (Å²) in [6, 6.07) is 4.76. The lowest BCUT2D eigenvalue weighted by Gasteiger charge is -2.34. The van der Waals surface area contributed by atoms with Gasteiger partial charge >= 0.3 is 0 Å². The Morgan fingerprint density at radius 3 is 2.54 bits per heavy atom. The molecule has 2 heterocycles. The van der Waals surface area contributed by atoms with Crippen molar-refractivity contribution in [3.05, 3.63) is 46.3 Å². The van der Waals surface area contributed by atoms with Crippen molar-refractivity contribution in [2.45, 2.75) is 38.2 Å². The molecule has 39 heavy (non-hydrogen) atoms. The maximum Gasteiger partial charge on any atom is 0.273 e. The zero-order valence-corrected chi connectivity index (χ0v) is 21.4. The molecular weight excluding hydrogens is 515 g/mol. The van der Waals surface area contributed by atoms with Crippen LogP contribution in [0, 0.1) is 5.82 Å². The van der Waals surface area contributed by atoms with Crippen LogP contribution in [0.2, 0.25) is 0 Å². The highest BCUT2D eigenvalue weighted by Gasteiger charge is 2.50. The standard InChI is InChI=1S/C26H31FN4O8/c1-28-25(37)26(38,5-2-8-32)31-14-17-19(24(31)36)21(33)23(35)22(34)20(17)29-12-16-4-3-15(11-18(16)27)13-30-6-9-39-10-7-30/h3-4,8,11,29,33-35,38H,2,5-7,9-10,12-14H2,1H3,(H,28,37). The summed E-state index contributed by atoms with van der Waals surface area (Å²) in [5.41, 5.74) is -2.09. The van der Waals surface area contributed by atoms with Crippen molar-refractivity contribution < 1.29 is 43.9 Å². The first kappa shape index (κ1) is 28.1. The fraction of sp³-hybridized carbons (Fsp3) is 0.423. The first-order valence-corrected chi connectivity index (χ1v) is 12.4. The third-order valence-electron chi connectivity index (χ3n) is 7.03. The number of nitrogens with zero attached hydrogens (tertiary/aromatic N) is 2. The first-order valence-electron chi connectivity index (χ1n) is 12.4. The SMILES string of the molecule is CNC(=O)C(O)(CCC=O)N1Cc2c(NCc3ccc(CN4CCOCC4)cc3F)c(O)c(O)c(O)c2C1=O. The molecule has 12 nitrogen and oxygen atoms in total. The fourth-order valence-electron chi connectivity index (χ4n) is 4.87. The molecule has 1 fully saturated rings. The molecular formula is C26H31FN4O8. The second-order valence-corrected chi connectivity index (χ2v) is 9.43. The van der Waals surface area contributed by atoms with E-state index in [1.165, 1.54) is 13.1 Å². The van der Waals surface area contributed by atoms with Gasteiger partial charge in [-0.15, -0.1) is 0 Å². The molecule has 4 rings (SSSR count). The number of halogens is 1. The summed E-state index contributed by atoms with van der Waals surface area (Å²) < 4.78 is 20.3. The molecule has 0 aromatic heterocycles. The Morgan fingerprint density at radius 2 is 1.90 bits per heavy atom. The summed E-state index contributed by atoms with van der Waals surface area (Å²) in [5, 5.41) is 47.5. The number of likely N-dealkylation sites (N-methyl/N-ethyl adjacent to an activating group) is 1. The summed E-state index contributed by atoms with van der Waals surface area (Å²) in [7, 11) is 1.24. The van der Waals surface area contributed by atoms with Gasteiger partial charge in [-0.3, -0.25) is 19.4 Å².